The zero-order valence-corrected chi connectivity index (χ0v) is 11.1. The molecule has 0 unspecified atom stereocenters. The van der Waals surface area contributed by atoms with Crippen LogP contribution in [0.4, 0.5) is 0 Å². The molecule has 2 heterocycles. The first-order valence-electron chi connectivity index (χ1n) is 6.46. The third kappa shape index (κ3) is 2.47. The molecular weight excluding hydrogens is 238 g/mol. The van der Waals surface area contributed by atoms with E-state index in [9.17, 15) is 0 Å². The van der Waals surface area contributed by atoms with Crippen molar-refractivity contribution in [1.29, 1.82) is 0 Å². The van der Waals surface area contributed by atoms with Crippen molar-refractivity contribution in [2.45, 2.75) is 26.5 Å². The van der Waals surface area contributed by atoms with Gasteiger partial charge in [0, 0.05) is 29.3 Å². The van der Waals surface area contributed by atoms with E-state index in [1.54, 1.807) is 0 Å². The average molecular weight is 255 g/mol. The van der Waals surface area contributed by atoms with Crippen molar-refractivity contribution in [3.8, 4) is 5.75 Å². The van der Waals surface area contributed by atoms with E-state index in [-0.39, 0.29) is 0 Å². The van der Waals surface area contributed by atoms with Gasteiger partial charge in [0.1, 0.15) is 12.4 Å². The predicted octanol–water partition coefficient (Wildman–Crippen LogP) is 3.52. The van der Waals surface area contributed by atoms with Crippen LogP contribution < -0.4 is 4.74 Å². The number of rotatable bonds is 4. The minimum Gasteiger partial charge on any atom is -0.487 e. The number of nitrogens with zero attached hydrogens (tertiary/aromatic N) is 2. The third-order valence-corrected chi connectivity index (χ3v) is 3.10. The van der Waals surface area contributed by atoms with E-state index in [2.05, 4.69) is 23.9 Å². The summed E-state index contributed by atoms with van der Waals surface area (Å²) in [6.45, 7) is 4.71. The average Bonchev–Trinajstić information content (AvgIpc) is 3.04. The number of nitrogens with one attached hydrogen (secondary N) is 1. The summed E-state index contributed by atoms with van der Waals surface area (Å²) < 4.78 is 7.71. The highest BCUT2D eigenvalue weighted by molar-refractivity contribution is 5.80. The summed E-state index contributed by atoms with van der Waals surface area (Å²) >= 11 is 0. The van der Waals surface area contributed by atoms with Gasteiger partial charge in [-0.05, 0) is 44.2 Å². The summed E-state index contributed by atoms with van der Waals surface area (Å²) in [5, 5.41) is 5.62. The molecule has 3 aromatic rings. The molecule has 0 radical (unpaired) electrons. The SMILES string of the molecule is CC(C)n1ccc(COc2ccc3[nH]ccc3c2)n1. The first kappa shape index (κ1) is 11.8. The van der Waals surface area contributed by atoms with E-state index in [4.69, 9.17) is 4.74 Å². The number of aromatic nitrogens is 3. The molecule has 0 aliphatic carbocycles. The van der Waals surface area contributed by atoms with Crippen molar-refractivity contribution >= 4 is 10.9 Å². The smallest absolute Gasteiger partial charge is 0.132 e. The Hall–Kier alpha value is -2.23. The van der Waals surface area contributed by atoms with Crippen molar-refractivity contribution in [2.24, 2.45) is 0 Å². The maximum Gasteiger partial charge on any atom is 0.132 e. The molecule has 4 nitrogen and oxygen atoms in total. The number of H-pyrrole nitrogens is 1. The topological polar surface area (TPSA) is 42.8 Å². The fourth-order valence-electron chi connectivity index (χ4n) is 2.02. The zero-order valence-electron chi connectivity index (χ0n) is 11.1. The largest absolute Gasteiger partial charge is 0.487 e. The Kier molecular flexibility index (Phi) is 2.99. The van der Waals surface area contributed by atoms with Crippen molar-refractivity contribution in [2.75, 3.05) is 0 Å². The molecule has 3 rings (SSSR count). The number of hydrogen-bond donors (Lipinski definition) is 1. The van der Waals surface area contributed by atoms with Crippen molar-refractivity contribution in [3.05, 3.63) is 48.4 Å². The van der Waals surface area contributed by atoms with Gasteiger partial charge in [0.15, 0.2) is 0 Å². The fraction of sp³-hybridized carbons (Fsp3) is 0.267. The molecule has 4 heteroatoms. The highest BCUT2D eigenvalue weighted by atomic mass is 16.5. The molecule has 0 saturated heterocycles. The van der Waals surface area contributed by atoms with Crippen LogP contribution >= 0.6 is 0 Å². The first-order valence-corrected chi connectivity index (χ1v) is 6.46. The number of hydrogen-bond acceptors (Lipinski definition) is 2. The van der Waals surface area contributed by atoms with Crippen LogP contribution in [0.5, 0.6) is 5.75 Å². The van der Waals surface area contributed by atoms with Crippen LogP contribution in [-0.4, -0.2) is 14.8 Å². The highest BCUT2D eigenvalue weighted by Crippen LogP contribution is 2.20. The van der Waals surface area contributed by atoms with Gasteiger partial charge in [-0.1, -0.05) is 0 Å². The maximum atomic E-state index is 5.77. The number of fused-ring (bicyclic) bond motifs is 1. The molecule has 1 aromatic carbocycles. The number of aromatic amines is 1. The lowest BCUT2D eigenvalue weighted by Gasteiger charge is -2.05. The second kappa shape index (κ2) is 4.80. The molecule has 98 valence electrons. The monoisotopic (exact) mass is 255 g/mol. The van der Waals surface area contributed by atoms with Crippen molar-refractivity contribution in [3.63, 3.8) is 0 Å². The lowest BCUT2D eigenvalue weighted by atomic mass is 10.2. The molecule has 0 saturated carbocycles. The molecule has 0 spiro atoms. The Morgan fingerprint density at radius 1 is 1.26 bits per heavy atom. The van der Waals surface area contributed by atoms with Gasteiger partial charge in [-0.15, -0.1) is 0 Å². The molecule has 0 aliphatic heterocycles. The molecule has 0 aliphatic rings. The Bertz CT molecular complexity index is 681. The molecule has 19 heavy (non-hydrogen) atoms. The van der Waals surface area contributed by atoms with Crippen LogP contribution in [0.25, 0.3) is 10.9 Å². The summed E-state index contributed by atoms with van der Waals surface area (Å²) in [5.41, 5.74) is 2.07. The minimum absolute atomic E-state index is 0.380. The van der Waals surface area contributed by atoms with E-state index in [1.807, 2.05) is 47.4 Å². The van der Waals surface area contributed by atoms with Crippen LogP contribution in [-0.2, 0) is 6.61 Å². The van der Waals surface area contributed by atoms with Crippen molar-refractivity contribution in [1.82, 2.24) is 14.8 Å². The summed E-state index contributed by atoms with van der Waals surface area (Å²) in [5.74, 6) is 0.867. The molecule has 0 atom stereocenters. The van der Waals surface area contributed by atoms with Crippen LogP contribution in [0.15, 0.2) is 42.7 Å². The summed E-state index contributed by atoms with van der Waals surface area (Å²) in [6.07, 6.45) is 3.91. The predicted molar refractivity (Wildman–Crippen MR) is 75.2 cm³/mol. The summed E-state index contributed by atoms with van der Waals surface area (Å²) in [4.78, 5) is 3.17. The van der Waals surface area contributed by atoms with Gasteiger partial charge >= 0.3 is 0 Å². The van der Waals surface area contributed by atoms with Gasteiger partial charge in [0.05, 0.1) is 5.69 Å². The van der Waals surface area contributed by atoms with Crippen LogP contribution in [0.2, 0.25) is 0 Å². The van der Waals surface area contributed by atoms with Gasteiger partial charge < -0.3 is 9.72 Å². The van der Waals surface area contributed by atoms with Gasteiger partial charge in [-0.2, -0.15) is 5.10 Å². The molecule has 0 amide bonds. The van der Waals surface area contributed by atoms with Crippen LogP contribution in [0.1, 0.15) is 25.6 Å². The van der Waals surface area contributed by atoms with Crippen molar-refractivity contribution < 1.29 is 4.74 Å². The maximum absolute atomic E-state index is 5.77. The third-order valence-electron chi connectivity index (χ3n) is 3.10. The Morgan fingerprint density at radius 2 is 2.16 bits per heavy atom. The summed E-state index contributed by atoms with van der Waals surface area (Å²) in [6, 6.07) is 10.4. The van der Waals surface area contributed by atoms with E-state index in [1.165, 1.54) is 0 Å². The van der Waals surface area contributed by atoms with Gasteiger partial charge in [0.2, 0.25) is 0 Å². The number of ether oxygens (including phenoxy) is 1. The lowest BCUT2D eigenvalue weighted by Crippen LogP contribution is -2.03. The zero-order chi connectivity index (χ0) is 13.2. The standard InChI is InChI=1S/C15H17N3O/c1-11(2)18-8-6-13(17-18)10-19-14-3-4-15-12(9-14)5-7-16-15/h3-9,11,16H,10H2,1-2H3. The first-order chi connectivity index (χ1) is 9.22. The Labute approximate surface area is 112 Å². The van der Waals surface area contributed by atoms with Crippen LogP contribution in [0, 0.1) is 0 Å². The van der Waals surface area contributed by atoms with E-state index in [0.717, 1.165) is 22.3 Å². The normalized spacial score (nSPS) is 11.3. The second-order valence-corrected chi connectivity index (χ2v) is 4.90. The quantitative estimate of drug-likeness (QED) is 0.775. The highest BCUT2D eigenvalue weighted by Gasteiger charge is 2.03. The molecule has 0 bridgehead atoms. The van der Waals surface area contributed by atoms with Gasteiger partial charge in [-0.25, -0.2) is 0 Å². The second-order valence-electron chi connectivity index (χ2n) is 4.90. The van der Waals surface area contributed by atoms with Crippen LogP contribution in [0.3, 0.4) is 0 Å². The Morgan fingerprint density at radius 3 is 2.95 bits per heavy atom. The molecular formula is C15H17N3O. The van der Waals surface area contributed by atoms with Gasteiger partial charge in [-0.3, -0.25) is 4.68 Å². The number of benzene rings is 1. The van der Waals surface area contributed by atoms with Gasteiger partial charge in [0.25, 0.3) is 0 Å². The molecule has 1 N–H and O–H groups in total. The van der Waals surface area contributed by atoms with E-state index < -0.39 is 0 Å². The molecule has 2 aromatic heterocycles. The minimum atomic E-state index is 0.380. The van der Waals surface area contributed by atoms with E-state index in [0.29, 0.717) is 12.6 Å². The Balaban J connectivity index is 1.70. The fourth-order valence-corrected chi connectivity index (χ4v) is 2.02. The molecule has 0 fully saturated rings. The van der Waals surface area contributed by atoms with E-state index >= 15 is 0 Å². The lowest BCUT2D eigenvalue weighted by molar-refractivity contribution is 0.299. The summed E-state index contributed by atoms with van der Waals surface area (Å²) in [7, 11) is 0.